The van der Waals surface area contributed by atoms with E-state index in [-0.39, 0.29) is 30.2 Å². The fourth-order valence-electron chi connectivity index (χ4n) is 2.22. The van der Waals surface area contributed by atoms with E-state index in [2.05, 4.69) is 5.10 Å². The van der Waals surface area contributed by atoms with Gasteiger partial charge in [-0.3, -0.25) is 9.48 Å². The van der Waals surface area contributed by atoms with Crippen LogP contribution in [0.5, 0.6) is 0 Å². The summed E-state index contributed by atoms with van der Waals surface area (Å²) in [6, 6.07) is 9.10. The zero-order valence-electron chi connectivity index (χ0n) is 13.4. The molecule has 0 saturated heterocycles. The third-order valence-electron chi connectivity index (χ3n) is 3.51. The van der Waals surface area contributed by atoms with E-state index in [1.165, 1.54) is 15.2 Å². The molecule has 0 atom stereocenters. The van der Waals surface area contributed by atoms with Crippen LogP contribution in [0.1, 0.15) is 18.9 Å². The topological polar surface area (TPSA) is 124 Å². The lowest BCUT2D eigenvalue weighted by atomic mass is 10.2. The molecule has 0 fully saturated rings. The van der Waals surface area contributed by atoms with Crippen LogP contribution >= 0.6 is 0 Å². The molecule has 0 spiro atoms. The third kappa shape index (κ3) is 4.12. The van der Waals surface area contributed by atoms with Gasteiger partial charge in [0.2, 0.25) is 15.9 Å². The summed E-state index contributed by atoms with van der Waals surface area (Å²) in [5, 5.41) is 3.98. The van der Waals surface area contributed by atoms with Crippen molar-refractivity contribution in [2.75, 3.05) is 12.3 Å². The number of sulfonamides is 1. The van der Waals surface area contributed by atoms with Crippen molar-refractivity contribution in [3.05, 3.63) is 42.1 Å². The molecule has 2 aromatic rings. The number of aromatic nitrogens is 2. The molecular formula is C15H21N5O3S. The molecule has 0 radical (unpaired) electrons. The summed E-state index contributed by atoms with van der Waals surface area (Å²) in [4.78, 5) is 11.0. The number of benzene rings is 1. The summed E-state index contributed by atoms with van der Waals surface area (Å²) >= 11 is 0. The molecule has 4 N–H and O–H groups in total. The number of nitrogens with zero attached hydrogens (tertiary/aromatic N) is 3. The van der Waals surface area contributed by atoms with Crippen LogP contribution < -0.4 is 11.5 Å². The zero-order chi connectivity index (χ0) is 17.7. The average Bonchev–Trinajstić information content (AvgIpc) is 2.94. The number of carbonyl (C=O) groups is 1. The number of amides is 1. The fraction of sp³-hybridized carbons (Fsp3) is 0.333. The monoisotopic (exact) mass is 351 g/mol. The van der Waals surface area contributed by atoms with Crippen molar-refractivity contribution in [2.24, 2.45) is 5.73 Å². The van der Waals surface area contributed by atoms with Crippen molar-refractivity contribution in [3.63, 3.8) is 0 Å². The predicted octanol–water partition coefficient (Wildman–Crippen LogP) is 0.552. The summed E-state index contributed by atoms with van der Waals surface area (Å²) in [5.41, 5.74) is 11.7. The van der Waals surface area contributed by atoms with E-state index < -0.39 is 15.9 Å². The highest BCUT2D eigenvalue weighted by Crippen LogP contribution is 2.23. The molecule has 9 heteroatoms. The van der Waals surface area contributed by atoms with Crippen LogP contribution in [-0.4, -0.2) is 35.0 Å². The molecule has 1 amide bonds. The van der Waals surface area contributed by atoms with Crippen LogP contribution in [0, 0.1) is 0 Å². The van der Waals surface area contributed by atoms with Gasteiger partial charge in [0.05, 0.1) is 0 Å². The maximum absolute atomic E-state index is 12.9. The lowest BCUT2D eigenvalue weighted by Crippen LogP contribution is -2.34. The second-order valence-electron chi connectivity index (χ2n) is 5.27. The summed E-state index contributed by atoms with van der Waals surface area (Å²) in [6.45, 7) is 2.42. The summed E-state index contributed by atoms with van der Waals surface area (Å²) in [5.74, 6) is -0.630. The standard InChI is InChI=1S/C15H21N5O3S/c1-2-19-11-13(15(17)18-19)24(22,23)20(9-8-14(16)21)10-12-6-4-3-5-7-12/h3-7,11H,2,8-10H2,1H3,(H2,16,21)(H2,17,18). The Balaban J connectivity index is 2.36. The predicted molar refractivity (Wildman–Crippen MR) is 90.2 cm³/mol. The molecule has 0 saturated carbocycles. The Hall–Kier alpha value is -2.39. The first-order chi connectivity index (χ1) is 11.3. The van der Waals surface area contributed by atoms with Gasteiger partial charge in [-0.1, -0.05) is 30.3 Å². The van der Waals surface area contributed by atoms with Gasteiger partial charge in [-0.15, -0.1) is 0 Å². The zero-order valence-corrected chi connectivity index (χ0v) is 14.2. The maximum atomic E-state index is 12.9. The minimum atomic E-state index is -3.90. The number of primary amides is 1. The minimum absolute atomic E-state index is 0.0245. The largest absolute Gasteiger partial charge is 0.381 e. The summed E-state index contributed by atoms with van der Waals surface area (Å²) in [6.07, 6.45) is 1.32. The van der Waals surface area contributed by atoms with Crippen LogP contribution in [0.25, 0.3) is 0 Å². The molecule has 0 aliphatic rings. The van der Waals surface area contributed by atoms with E-state index in [4.69, 9.17) is 11.5 Å². The van der Waals surface area contributed by atoms with E-state index in [9.17, 15) is 13.2 Å². The number of aryl methyl sites for hydroxylation is 1. The van der Waals surface area contributed by atoms with E-state index in [0.29, 0.717) is 6.54 Å². The van der Waals surface area contributed by atoms with E-state index in [0.717, 1.165) is 5.56 Å². The average molecular weight is 351 g/mol. The molecule has 0 unspecified atom stereocenters. The molecule has 1 heterocycles. The lowest BCUT2D eigenvalue weighted by molar-refractivity contribution is -0.118. The highest BCUT2D eigenvalue weighted by molar-refractivity contribution is 7.89. The summed E-state index contributed by atoms with van der Waals surface area (Å²) < 4.78 is 28.5. The third-order valence-corrected chi connectivity index (χ3v) is 5.37. The number of nitrogen functional groups attached to an aromatic ring is 1. The van der Waals surface area contributed by atoms with Gasteiger partial charge in [0.15, 0.2) is 5.82 Å². The van der Waals surface area contributed by atoms with Gasteiger partial charge in [-0.25, -0.2) is 8.42 Å². The van der Waals surface area contributed by atoms with Crippen LogP contribution in [0.4, 0.5) is 5.82 Å². The van der Waals surface area contributed by atoms with Gasteiger partial charge < -0.3 is 11.5 Å². The minimum Gasteiger partial charge on any atom is -0.381 e. The van der Waals surface area contributed by atoms with Crippen molar-refractivity contribution in [2.45, 2.75) is 31.3 Å². The van der Waals surface area contributed by atoms with Crippen LogP contribution in [-0.2, 0) is 27.9 Å². The number of anilines is 1. The Bertz CT molecular complexity index is 802. The molecule has 8 nitrogen and oxygen atoms in total. The number of rotatable bonds is 8. The lowest BCUT2D eigenvalue weighted by Gasteiger charge is -2.21. The van der Waals surface area contributed by atoms with Gasteiger partial charge >= 0.3 is 0 Å². The van der Waals surface area contributed by atoms with Gasteiger partial charge in [-0.05, 0) is 12.5 Å². The van der Waals surface area contributed by atoms with Gasteiger partial charge in [-0.2, -0.15) is 9.40 Å². The second-order valence-corrected chi connectivity index (χ2v) is 7.18. The number of nitrogens with two attached hydrogens (primary N) is 2. The number of carbonyl (C=O) groups excluding carboxylic acids is 1. The molecule has 2 rings (SSSR count). The van der Waals surface area contributed by atoms with E-state index >= 15 is 0 Å². The van der Waals surface area contributed by atoms with Crippen molar-refractivity contribution in [1.29, 1.82) is 0 Å². The number of hydrogen-bond donors (Lipinski definition) is 2. The maximum Gasteiger partial charge on any atom is 0.248 e. The SMILES string of the molecule is CCn1cc(S(=O)(=O)N(CCC(N)=O)Cc2ccccc2)c(N)n1. The first-order valence-corrected chi connectivity index (χ1v) is 8.94. The van der Waals surface area contributed by atoms with Crippen LogP contribution in [0.2, 0.25) is 0 Å². The van der Waals surface area contributed by atoms with Gasteiger partial charge in [0, 0.05) is 32.3 Å². The first-order valence-electron chi connectivity index (χ1n) is 7.50. The molecule has 1 aromatic carbocycles. The van der Waals surface area contributed by atoms with E-state index in [1.54, 1.807) is 0 Å². The van der Waals surface area contributed by atoms with Crippen molar-refractivity contribution in [1.82, 2.24) is 14.1 Å². The molecule has 0 aliphatic carbocycles. The molecule has 1 aromatic heterocycles. The molecule has 24 heavy (non-hydrogen) atoms. The van der Waals surface area contributed by atoms with E-state index in [1.807, 2.05) is 37.3 Å². The highest BCUT2D eigenvalue weighted by atomic mass is 32.2. The summed E-state index contributed by atoms with van der Waals surface area (Å²) in [7, 11) is -3.90. The molecular weight excluding hydrogens is 330 g/mol. The van der Waals surface area contributed by atoms with Crippen molar-refractivity contribution < 1.29 is 13.2 Å². The normalized spacial score (nSPS) is 11.8. The second kappa shape index (κ2) is 7.45. The Morgan fingerprint density at radius 1 is 1.29 bits per heavy atom. The van der Waals surface area contributed by atoms with Crippen LogP contribution in [0.3, 0.4) is 0 Å². The van der Waals surface area contributed by atoms with Crippen LogP contribution in [0.15, 0.2) is 41.4 Å². The quantitative estimate of drug-likeness (QED) is 0.718. The smallest absolute Gasteiger partial charge is 0.248 e. The molecule has 130 valence electrons. The number of hydrogen-bond acceptors (Lipinski definition) is 5. The Morgan fingerprint density at radius 2 is 1.96 bits per heavy atom. The Kier molecular flexibility index (Phi) is 5.58. The Labute approximate surface area is 141 Å². The van der Waals surface area contributed by atoms with Crippen molar-refractivity contribution >= 4 is 21.7 Å². The fourth-order valence-corrected chi connectivity index (χ4v) is 3.71. The molecule has 0 bridgehead atoms. The van der Waals surface area contributed by atoms with Gasteiger partial charge in [0.25, 0.3) is 0 Å². The Morgan fingerprint density at radius 3 is 2.50 bits per heavy atom. The van der Waals surface area contributed by atoms with Crippen molar-refractivity contribution in [3.8, 4) is 0 Å². The molecule has 0 aliphatic heterocycles. The highest BCUT2D eigenvalue weighted by Gasteiger charge is 2.29. The van der Waals surface area contributed by atoms with Gasteiger partial charge in [0.1, 0.15) is 4.90 Å². The first kappa shape index (κ1) is 18.0.